The molecule has 1 aromatic rings. The molecule has 17 heavy (non-hydrogen) atoms. The minimum absolute atomic E-state index is 0.143. The van der Waals surface area contributed by atoms with Crippen LogP contribution in [-0.2, 0) is 0 Å². The van der Waals surface area contributed by atoms with Gasteiger partial charge in [0.25, 0.3) is 11.6 Å². The third kappa shape index (κ3) is 3.94. The second-order valence-corrected chi connectivity index (χ2v) is 5.10. The Morgan fingerprint density at radius 2 is 2.18 bits per heavy atom. The van der Waals surface area contributed by atoms with Crippen LogP contribution in [0.1, 0.15) is 10.4 Å². The Labute approximate surface area is 114 Å². The van der Waals surface area contributed by atoms with Crippen LogP contribution in [0, 0.1) is 10.1 Å². The first-order valence-electron chi connectivity index (χ1n) is 4.47. The first-order chi connectivity index (χ1) is 7.91. The smallest absolute Gasteiger partial charge is 0.284 e. The highest BCUT2D eigenvalue weighted by Gasteiger charge is 2.15. The van der Waals surface area contributed by atoms with Gasteiger partial charge in [0.05, 0.1) is 9.40 Å². The highest BCUT2D eigenvalue weighted by Crippen LogP contribution is 2.25. The first-order valence-corrected chi connectivity index (χ1v) is 6.06. The summed E-state index contributed by atoms with van der Waals surface area (Å²) in [5.41, 5.74) is 0.0870. The van der Waals surface area contributed by atoms with Crippen molar-refractivity contribution in [1.82, 2.24) is 5.32 Å². The normalized spacial score (nSPS) is 9.76. The maximum atomic E-state index is 11.6. The van der Waals surface area contributed by atoms with E-state index in [0.717, 1.165) is 0 Å². The number of nitrogens with one attached hydrogen (secondary N) is 1. The average Bonchev–Trinajstić information content (AvgIpc) is 2.26. The van der Waals surface area contributed by atoms with E-state index in [-0.39, 0.29) is 23.7 Å². The van der Waals surface area contributed by atoms with Crippen LogP contribution in [-0.4, -0.2) is 17.4 Å². The Morgan fingerprint density at radius 3 is 2.71 bits per heavy atom. The van der Waals surface area contributed by atoms with Crippen molar-refractivity contribution >= 4 is 43.5 Å². The van der Waals surface area contributed by atoms with Crippen molar-refractivity contribution in [1.29, 1.82) is 0 Å². The first kappa shape index (κ1) is 13.9. The quantitative estimate of drug-likeness (QED) is 0.660. The fourth-order valence-corrected chi connectivity index (χ4v) is 1.60. The Balaban J connectivity index is 2.92. The zero-order chi connectivity index (χ0) is 13.0. The number of carbonyl (C=O) groups excluding carboxylic acids is 1. The number of hydrogen-bond donors (Lipinski definition) is 1. The fraction of sp³-hybridized carbons (Fsp3) is 0.100. The molecule has 1 rings (SSSR count). The Bertz CT molecular complexity index is 488. The van der Waals surface area contributed by atoms with Crippen LogP contribution in [0.15, 0.2) is 33.7 Å². The molecule has 0 aliphatic rings. The van der Waals surface area contributed by atoms with Crippen molar-refractivity contribution in [3.63, 3.8) is 0 Å². The highest BCUT2D eigenvalue weighted by atomic mass is 79.9. The molecule has 90 valence electrons. The number of carbonyl (C=O) groups is 1. The van der Waals surface area contributed by atoms with Gasteiger partial charge in [0.1, 0.15) is 0 Å². The SMILES string of the molecule is C=C(Br)CNC(=O)c1ccc(Br)c([N+](=O)[O-])c1. The lowest BCUT2D eigenvalue weighted by Crippen LogP contribution is -2.24. The van der Waals surface area contributed by atoms with E-state index in [1.807, 2.05) is 0 Å². The molecule has 0 bridgehead atoms. The van der Waals surface area contributed by atoms with Gasteiger partial charge in [-0.2, -0.15) is 0 Å². The number of nitro groups is 1. The molecule has 1 aromatic carbocycles. The van der Waals surface area contributed by atoms with E-state index in [0.29, 0.717) is 8.96 Å². The molecule has 1 N–H and O–H groups in total. The van der Waals surface area contributed by atoms with Crippen LogP contribution in [0.25, 0.3) is 0 Å². The van der Waals surface area contributed by atoms with Gasteiger partial charge in [-0.25, -0.2) is 0 Å². The number of amides is 1. The third-order valence-electron chi connectivity index (χ3n) is 1.85. The minimum Gasteiger partial charge on any atom is -0.347 e. The van der Waals surface area contributed by atoms with Crippen molar-refractivity contribution in [2.24, 2.45) is 0 Å². The number of hydrogen-bond acceptors (Lipinski definition) is 3. The van der Waals surface area contributed by atoms with Crippen LogP contribution in [0.2, 0.25) is 0 Å². The van der Waals surface area contributed by atoms with Crippen LogP contribution < -0.4 is 5.32 Å². The molecule has 0 aliphatic heterocycles. The number of benzene rings is 1. The molecule has 0 saturated heterocycles. The van der Waals surface area contributed by atoms with Crippen molar-refractivity contribution < 1.29 is 9.72 Å². The molecular weight excluding hydrogens is 356 g/mol. The van der Waals surface area contributed by atoms with Gasteiger partial charge < -0.3 is 5.32 Å². The lowest BCUT2D eigenvalue weighted by Gasteiger charge is -2.04. The van der Waals surface area contributed by atoms with Crippen LogP contribution >= 0.6 is 31.9 Å². The molecule has 0 aliphatic carbocycles. The Morgan fingerprint density at radius 1 is 1.53 bits per heavy atom. The zero-order valence-electron chi connectivity index (χ0n) is 8.57. The molecule has 1 amide bonds. The molecule has 0 fully saturated rings. The van der Waals surface area contributed by atoms with Crippen molar-refractivity contribution in [2.75, 3.05) is 6.54 Å². The van der Waals surface area contributed by atoms with Gasteiger partial charge in [-0.1, -0.05) is 22.5 Å². The van der Waals surface area contributed by atoms with Gasteiger partial charge in [-0.05, 0) is 28.1 Å². The van der Waals surface area contributed by atoms with E-state index in [1.54, 1.807) is 0 Å². The van der Waals surface area contributed by atoms with Gasteiger partial charge in [-0.15, -0.1) is 0 Å². The summed E-state index contributed by atoms with van der Waals surface area (Å²) in [4.78, 5) is 21.8. The zero-order valence-corrected chi connectivity index (χ0v) is 11.7. The maximum Gasteiger partial charge on any atom is 0.284 e. The molecule has 0 atom stereocenters. The summed E-state index contributed by atoms with van der Waals surface area (Å²) in [6.45, 7) is 3.83. The van der Waals surface area contributed by atoms with Crippen LogP contribution in [0.3, 0.4) is 0 Å². The number of rotatable bonds is 4. The van der Waals surface area contributed by atoms with Crippen molar-refractivity contribution in [3.05, 3.63) is 49.4 Å². The van der Waals surface area contributed by atoms with E-state index >= 15 is 0 Å². The van der Waals surface area contributed by atoms with Gasteiger partial charge in [-0.3, -0.25) is 14.9 Å². The number of nitro benzene ring substituents is 1. The average molecular weight is 364 g/mol. The maximum absolute atomic E-state index is 11.6. The standard InChI is InChI=1S/C10H8Br2N2O3/c1-6(11)5-13-10(15)7-2-3-8(12)9(4-7)14(16)17/h2-4H,1,5H2,(H,13,15). The summed E-state index contributed by atoms with van der Waals surface area (Å²) in [5, 5.41) is 13.2. The van der Waals surface area contributed by atoms with Gasteiger partial charge in [0.15, 0.2) is 0 Å². The molecule has 0 radical (unpaired) electrons. The lowest BCUT2D eigenvalue weighted by atomic mass is 10.2. The molecule has 7 heteroatoms. The molecule has 0 spiro atoms. The predicted molar refractivity (Wildman–Crippen MR) is 71.2 cm³/mol. The van der Waals surface area contributed by atoms with Gasteiger partial charge >= 0.3 is 0 Å². The summed E-state index contributed by atoms with van der Waals surface area (Å²) < 4.78 is 0.960. The molecule has 0 aromatic heterocycles. The monoisotopic (exact) mass is 362 g/mol. The molecule has 0 heterocycles. The van der Waals surface area contributed by atoms with E-state index in [4.69, 9.17) is 0 Å². The second-order valence-electron chi connectivity index (χ2n) is 3.12. The summed E-state index contributed by atoms with van der Waals surface area (Å²) in [6.07, 6.45) is 0. The number of halogens is 2. The van der Waals surface area contributed by atoms with Crippen molar-refractivity contribution in [2.45, 2.75) is 0 Å². The van der Waals surface area contributed by atoms with E-state index in [1.165, 1.54) is 18.2 Å². The van der Waals surface area contributed by atoms with Gasteiger partial charge in [0.2, 0.25) is 0 Å². The number of nitrogens with zero attached hydrogens (tertiary/aromatic N) is 1. The van der Waals surface area contributed by atoms with E-state index in [9.17, 15) is 14.9 Å². The topological polar surface area (TPSA) is 72.2 Å². The second kappa shape index (κ2) is 5.92. The Kier molecular flexibility index (Phi) is 4.83. The fourth-order valence-electron chi connectivity index (χ4n) is 1.07. The van der Waals surface area contributed by atoms with E-state index in [2.05, 4.69) is 43.8 Å². The van der Waals surface area contributed by atoms with Crippen molar-refractivity contribution in [3.8, 4) is 0 Å². The summed E-state index contributed by atoms with van der Waals surface area (Å²) in [6, 6.07) is 4.19. The van der Waals surface area contributed by atoms with Gasteiger partial charge in [0, 0.05) is 22.7 Å². The van der Waals surface area contributed by atoms with E-state index < -0.39 is 4.92 Å². The highest BCUT2D eigenvalue weighted by molar-refractivity contribution is 9.11. The third-order valence-corrected chi connectivity index (χ3v) is 2.80. The van der Waals surface area contributed by atoms with Crippen LogP contribution in [0.5, 0.6) is 0 Å². The summed E-state index contributed by atoms with van der Waals surface area (Å²) >= 11 is 6.15. The van der Waals surface area contributed by atoms with Crippen LogP contribution in [0.4, 0.5) is 5.69 Å². The largest absolute Gasteiger partial charge is 0.347 e. The predicted octanol–water partition coefficient (Wildman–Crippen LogP) is 3.00. The lowest BCUT2D eigenvalue weighted by molar-refractivity contribution is -0.385. The molecular formula is C10H8Br2N2O3. The Hall–Kier alpha value is -1.21. The summed E-state index contributed by atoms with van der Waals surface area (Å²) in [7, 11) is 0. The molecule has 5 nitrogen and oxygen atoms in total. The molecule has 0 saturated carbocycles. The summed E-state index contributed by atoms with van der Waals surface area (Å²) in [5.74, 6) is -0.388. The molecule has 0 unspecified atom stereocenters. The minimum atomic E-state index is -0.551.